The van der Waals surface area contributed by atoms with Crippen molar-refractivity contribution in [3.05, 3.63) is 41.8 Å². The van der Waals surface area contributed by atoms with Crippen LogP contribution in [0.4, 0.5) is 9.18 Å². The smallest absolute Gasteiger partial charge is 0.407 e. The van der Waals surface area contributed by atoms with Crippen molar-refractivity contribution >= 4 is 6.09 Å². The number of benzene rings is 1. The van der Waals surface area contributed by atoms with E-state index in [4.69, 9.17) is 0 Å². The van der Waals surface area contributed by atoms with Gasteiger partial charge in [-0.3, -0.25) is 10.00 Å². The highest BCUT2D eigenvalue weighted by atomic mass is 19.1. The summed E-state index contributed by atoms with van der Waals surface area (Å²) in [6.07, 6.45) is 1.77. The SMILES string of the molecule is O=C(O)N1CCCCC1c1cc(-c2ccc(F)cc2)n[nH]1. The van der Waals surface area contributed by atoms with E-state index in [1.807, 2.05) is 6.07 Å². The number of carbonyl (C=O) groups is 1. The van der Waals surface area contributed by atoms with E-state index >= 15 is 0 Å². The van der Waals surface area contributed by atoms with Crippen molar-refractivity contribution in [1.29, 1.82) is 0 Å². The lowest BCUT2D eigenvalue weighted by Gasteiger charge is -2.32. The van der Waals surface area contributed by atoms with E-state index in [0.717, 1.165) is 30.5 Å². The molecule has 5 nitrogen and oxygen atoms in total. The van der Waals surface area contributed by atoms with E-state index in [9.17, 15) is 14.3 Å². The summed E-state index contributed by atoms with van der Waals surface area (Å²) in [7, 11) is 0. The molecule has 0 spiro atoms. The van der Waals surface area contributed by atoms with Crippen molar-refractivity contribution in [2.75, 3.05) is 6.54 Å². The van der Waals surface area contributed by atoms with E-state index in [1.54, 1.807) is 12.1 Å². The zero-order valence-electron chi connectivity index (χ0n) is 11.4. The van der Waals surface area contributed by atoms with Gasteiger partial charge in [-0.15, -0.1) is 0 Å². The first-order valence-electron chi connectivity index (χ1n) is 6.96. The summed E-state index contributed by atoms with van der Waals surface area (Å²) in [5.74, 6) is -0.293. The summed E-state index contributed by atoms with van der Waals surface area (Å²) in [6, 6.07) is 7.75. The normalized spacial score (nSPS) is 18.7. The maximum absolute atomic E-state index is 12.9. The van der Waals surface area contributed by atoms with E-state index in [1.165, 1.54) is 17.0 Å². The minimum absolute atomic E-state index is 0.182. The molecule has 0 aliphatic carbocycles. The first-order chi connectivity index (χ1) is 10.1. The van der Waals surface area contributed by atoms with Crippen LogP contribution in [0.2, 0.25) is 0 Å². The number of nitrogens with one attached hydrogen (secondary N) is 1. The first-order valence-corrected chi connectivity index (χ1v) is 6.96. The average Bonchev–Trinajstić information content (AvgIpc) is 2.97. The molecule has 110 valence electrons. The van der Waals surface area contributed by atoms with Gasteiger partial charge >= 0.3 is 6.09 Å². The fraction of sp³-hybridized carbons (Fsp3) is 0.333. The fourth-order valence-corrected chi connectivity index (χ4v) is 2.76. The third-order valence-corrected chi connectivity index (χ3v) is 3.85. The topological polar surface area (TPSA) is 69.2 Å². The van der Waals surface area contributed by atoms with Gasteiger partial charge < -0.3 is 5.11 Å². The third-order valence-electron chi connectivity index (χ3n) is 3.85. The number of nitrogens with zero attached hydrogens (tertiary/aromatic N) is 2. The monoisotopic (exact) mass is 289 g/mol. The molecule has 6 heteroatoms. The Labute approximate surface area is 121 Å². The van der Waals surface area contributed by atoms with Crippen LogP contribution in [0.1, 0.15) is 31.0 Å². The van der Waals surface area contributed by atoms with Crippen molar-refractivity contribution in [3.8, 4) is 11.3 Å². The van der Waals surface area contributed by atoms with Gasteiger partial charge in [-0.25, -0.2) is 9.18 Å². The number of aromatic nitrogens is 2. The van der Waals surface area contributed by atoms with Crippen molar-refractivity contribution in [1.82, 2.24) is 15.1 Å². The number of likely N-dealkylation sites (tertiary alicyclic amines) is 1. The molecule has 0 radical (unpaired) electrons. The molecular weight excluding hydrogens is 273 g/mol. The minimum atomic E-state index is -0.905. The molecule has 1 saturated heterocycles. The molecule has 1 amide bonds. The van der Waals surface area contributed by atoms with Gasteiger partial charge in [0.05, 0.1) is 17.4 Å². The van der Waals surface area contributed by atoms with Crippen LogP contribution in [0.25, 0.3) is 11.3 Å². The highest BCUT2D eigenvalue weighted by Crippen LogP contribution is 2.31. The maximum Gasteiger partial charge on any atom is 0.407 e. The van der Waals surface area contributed by atoms with Crippen LogP contribution >= 0.6 is 0 Å². The van der Waals surface area contributed by atoms with Gasteiger partial charge in [0.15, 0.2) is 0 Å². The number of amides is 1. The van der Waals surface area contributed by atoms with Crippen molar-refractivity contribution in [2.24, 2.45) is 0 Å². The standard InChI is InChI=1S/C15H16FN3O2/c16-11-6-4-10(5-7-11)12-9-13(18-17-12)14-3-1-2-8-19(14)15(20)21/h4-7,9,14H,1-3,8H2,(H,17,18)(H,20,21). The van der Waals surface area contributed by atoms with Crippen molar-refractivity contribution in [2.45, 2.75) is 25.3 Å². The van der Waals surface area contributed by atoms with Crippen LogP contribution in [0.3, 0.4) is 0 Å². The van der Waals surface area contributed by atoms with Crippen LogP contribution in [-0.2, 0) is 0 Å². The van der Waals surface area contributed by atoms with Crippen LogP contribution < -0.4 is 0 Å². The van der Waals surface area contributed by atoms with Crippen LogP contribution in [0, 0.1) is 5.82 Å². The van der Waals surface area contributed by atoms with Crippen molar-refractivity contribution < 1.29 is 14.3 Å². The third kappa shape index (κ3) is 2.74. The molecule has 1 aromatic carbocycles. The van der Waals surface area contributed by atoms with Gasteiger partial charge in [0.25, 0.3) is 0 Å². The molecule has 2 heterocycles. The van der Waals surface area contributed by atoms with Gasteiger partial charge in [0, 0.05) is 12.1 Å². The number of carboxylic acid groups (broad SMARTS) is 1. The highest BCUT2D eigenvalue weighted by molar-refractivity contribution is 5.66. The number of H-pyrrole nitrogens is 1. The Kier molecular flexibility index (Phi) is 3.60. The van der Waals surface area contributed by atoms with E-state index in [0.29, 0.717) is 12.2 Å². The molecule has 1 aromatic heterocycles. The highest BCUT2D eigenvalue weighted by Gasteiger charge is 2.29. The van der Waals surface area contributed by atoms with Gasteiger partial charge in [-0.05, 0) is 49.6 Å². The first kappa shape index (κ1) is 13.6. The second-order valence-electron chi connectivity index (χ2n) is 5.20. The predicted octanol–water partition coefficient (Wildman–Crippen LogP) is 3.42. The lowest BCUT2D eigenvalue weighted by Crippen LogP contribution is -2.37. The second-order valence-corrected chi connectivity index (χ2v) is 5.20. The molecular formula is C15H16FN3O2. The van der Waals surface area contributed by atoms with Gasteiger partial charge in [-0.2, -0.15) is 5.10 Å². The van der Waals surface area contributed by atoms with Crippen LogP contribution in [0.5, 0.6) is 0 Å². The number of aromatic amines is 1. The molecule has 1 atom stereocenters. The predicted molar refractivity (Wildman–Crippen MR) is 75.3 cm³/mol. The Hall–Kier alpha value is -2.37. The Balaban J connectivity index is 1.86. The molecule has 21 heavy (non-hydrogen) atoms. The summed E-state index contributed by atoms with van der Waals surface area (Å²) < 4.78 is 12.9. The van der Waals surface area contributed by atoms with Gasteiger partial charge in [0.2, 0.25) is 0 Å². The Morgan fingerprint density at radius 2 is 2.10 bits per heavy atom. The van der Waals surface area contributed by atoms with Crippen LogP contribution in [0.15, 0.2) is 30.3 Å². The Morgan fingerprint density at radius 3 is 2.81 bits per heavy atom. The summed E-state index contributed by atoms with van der Waals surface area (Å²) in [5.41, 5.74) is 2.29. The van der Waals surface area contributed by atoms with Gasteiger partial charge in [0.1, 0.15) is 5.82 Å². The number of rotatable bonds is 2. The van der Waals surface area contributed by atoms with Crippen molar-refractivity contribution in [3.63, 3.8) is 0 Å². The Morgan fingerprint density at radius 1 is 1.33 bits per heavy atom. The molecule has 1 aliphatic rings. The largest absolute Gasteiger partial charge is 0.465 e. The lowest BCUT2D eigenvalue weighted by molar-refractivity contribution is 0.105. The molecule has 2 N–H and O–H groups in total. The molecule has 1 aliphatic heterocycles. The second kappa shape index (κ2) is 5.55. The fourth-order valence-electron chi connectivity index (χ4n) is 2.76. The lowest BCUT2D eigenvalue weighted by atomic mass is 9.99. The molecule has 0 bridgehead atoms. The molecule has 1 fully saturated rings. The molecule has 3 rings (SSSR count). The zero-order valence-corrected chi connectivity index (χ0v) is 11.4. The van der Waals surface area contributed by atoms with E-state index < -0.39 is 6.09 Å². The van der Waals surface area contributed by atoms with E-state index in [2.05, 4.69) is 10.2 Å². The minimum Gasteiger partial charge on any atom is -0.465 e. The van der Waals surface area contributed by atoms with E-state index in [-0.39, 0.29) is 11.9 Å². The summed E-state index contributed by atoms with van der Waals surface area (Å²) in [5, 5.41) is 16.4. The number of piperidine rings is 1. The number of halogens is 1. The zero-order chi connectivity index (χ0) is 14.8. The molecule has 2 aromatic rings. The number of hydrogen-bond acceptors (Lipinski definition) is 2. The summed E-state index contributed by atoms with van der Waals surface area (Å²) in [4.78, 5) is 12.8. The molecule has 0 saturated carbocycles. The maximum atomic E-state index is 12.9. The number of hydrogen-bond donors (Lipinski definition) is 2. The Bertz CT molecular complexity index is 639. The average molecular weight is 289 g/mol. The summed E-state index contributed by atoms with van der Waals surface area (Å²) in [6.45, 7) is 0.547. The van der Waals surface area contributed by atoms with Gasteiger partial charge in [-0.1, -0.05) is 0 Å². The molecule has 1 unspecified atom stereocenters. The quantitative estimate of drug-likeness (QED) is 0.890. The summed E-state index contributed by atoms with van der Waals surface area (Å²) >= 11 is 0. The van der Waals surface area contributed by atoms with Crippen LogP contribution in [-0.4, -0.2) is 32.8 Å².